The average molecular weight is 221 g/mol. The highest BCUT2D eigenvalue weighted by Gasteiger charge is 2.05. The molecule has 0 bridgehead atoms. The normalized spacial score (nSPS) is 10.3. The van der Waals surface area contributed by atoms with Crippen LogP contribution >= 0.6 is 11.6 Å². The van der Waals surface area contributed by atoms with Gasteiger partial charge in [-0.15, -0.1) is 0 Å². The molecular weight excluding hydrogens is 211 g/mol. The van der Waals surface area contributed by atoms with Crippen molar-refractivity contribution in [2.45, 2.75) is 6.42 Å². The zero-order valence-corrected chi connectivity index (χ0v) is 8.84. The Hall–Kier alpha value is -1.34. The predicted molar refractivity (Wildman–Crippen MR) is 60.7 cm³/mol. The third kappa shape index (κ3) is 2.37. The van der Waals surface area contributed by atoms with Gasteiger partial charge in [-0.2, -0.15) is 0 Å². The third-order valence-corrected chi connectivity index (χ3v) is 2.69. The van der Waals surface area contributed by atoms with Crippen LogP contribution in [-0.4, -0.2) is 0 Å². The van der Waals surface area contributed by atoms with Gasteiger partial charge in [0.15, 0.2) is 0 Å². The number of benzene rings is 2. The summed E-state index contributed by atoms with van der Waals surface area (Å²) in [6, 6.07) is 14.8. The van der Waals surface area contributed by atoms with Crippen molar-refractivity contribution >= 4 is 11.6 Å². The van der Waals surface area contributed by atoms with Gasteiger partial charge in [0.25, 0.3) is 0 Å². The van der Waals surface area contributed by atoms with Gasteiger partial charge in [-0.05, 0) is 23.6 Å². The predicted octanol–water partition coefficient (Wildman–Crippen LogP) is 4.07. The summed E-state index contributed by atoms with van der Waals surface area (Å²) in [5, 5.41) is 0.223. The molecule has 0 radical (unpaired) electrons. The first-order chi connectivity index (χ1) is 7.27. The van der Waals surface area contributed by atoms with E-state index in [9.17, 15) is 4.39 Å². The summed E-state index contributed by atoms with van der Waals surface area (Å²) in [5.74, 6) is -0.356. The van der Waals surface area contributed by atoms with Crippen molar-refractivity contribution in [1.82, 2.24) is 0 Å². The lowest BCUT2D eigenvalue weighted by Gasteiger charge is -2.04. The molecular formula is C13H10ClF. The largest absolute Gasteiger partial charge is 0.205 e. The fraction of sp³-hybridized carbons (Fsp3) is 0.0769. The van der Waals surface area contributed by atoms with E-state index >= 15 is 0 Å². The highest BCUT2D eigenvalue weighted by Crippen LogP contribution is 2.22. The first-order valence-electron chi connectivity index (χ1n) is 4.74. The van der Waals surface area contributed by atoms with Crippen molar-refractivity contribution in [2.75, 3.05) is 0 Å². The summed E-state index contributed by atoms with van der Waals surface area (Å²) in [4.78, 5) is 0. The molecule has 0 spiro atoms. The van der Waals surface area contributed by atoms with Gasteiger partial charge in [0.05, 0.1) is 5.02 Å². The van der Waals surface area contributed by atoms with Crippen LogP contribution in [0.15, 0.2) is 48.5 Å². The summed E-state index contributed by atoms with van der Waals surface area (Å²) >= 11 is 5.87. The Morgan fingerprint density at radius 2 is 1.67 bits per heavy atom. The molecule has 2 heteroatoms. The molecule has 0 heterocycles. The Labute approximate surface area is 93.3 Å². The zero-order chi connectivity index (χ0) is 10.7. The molecule has 2 rings (SSSR count). The van der Waals surface area contributed by atoms with E-state index in [4.69, 9.17) is 11.6 Å². The Balaban J connectivity index is 2.29. The minimum Gasteiger partial charge on any atom is -0.205 e. The fourth-order valence-electron chi connectivity index (χ4n) is 1.50. The maximum absolute atomic E-state index is 13.1. The quantitative estimate of drug-likeness (QED) is 0.716. The molecule has 0 amide bonds. The number of halogens is 2. The van der Waals surface area contributed by atoms with Gasteiger partial charge in [0.1, 0.15) is 5.82 Å². The molecule has 76 valence electrons. The SMILES string of the molecule is Fc1cccc(Cc2ccccc2)c1Cl. The molecule has 0 atom stereocenters. The van der Waals surface area contributed by atoms with Crippen molar-refractivity contribution < 1.29 is 4.39 Å². The van der Waals surface area contributed by atoms with Gasteiger partial charge < -0.3 is 0 Å². The first-order valence-corrected chi connectivity index (χ1v) is 5.12. The second kappa shape index (κ2) is 4.45. The van der Waals surface area contributed by atoms with Crippen molar-refractivity contribution in [3.05, 3.63) is 70.5 Å². The lowest BCUT2D eigenvalue weighted by Crippen LogP contribution is -1.90. The standard InChI is InChI=1S/C13H10ClF/c14-13-11(7-4-8-12(13)15)9-10-5-2-1-3-6-10/h1-8H,9H2. The lowest BCUT2D eigenvalue weighted by molar-refractivity contribution is 0.626. The maximum atomic E-state index is 13.1. The van der Waals surface area contributed by atoms with E-state index < -0.39 is 0 Å². The lowest BCUT2D eigenvalue weighted by atomic mass is 10.1. The van der Waals surface area contributed by atoms with Gasteiger partial charge in [-0.1, -0.05) is 54.1 Å². The summed E-state index contributed by atoms with van der Waals surface area (Å²) in [6.07, 6.45) is 0.664. The van der Waals surface area contributed by atoms with E-state index in [1.165, 1.54) is 6.07 Å². The van der Waals surface area contributed by atoms with Gasteiger partial charge in [0, 0.05) is 0 Å². The summed E-state index contributed by atoms with van der Waals surface area (Å²) in [5.41, 5.74) is 1.95. The summed E-state index contributed by atoms with van der Waals surface area (Å²) in [6.45, 7) is 0. The van der Waals surface area contributed by atoms with Crippen LogP contribution in [0.4, 0.5) is 4.39 Å². The van der Waals surface area contributed by atoms with Crippen LogP contribution in [0.25, 0.3) is 0 Å². The van der Waals surface area contributed by atoms with Gasteiger partial charge in [-0.25, -0.2) is 4.39 Å². The minimum absolute atomic E-state index is 0.223. The van der Waals surface area contributed by atoms with Crippen LogP contribution in [-0.2, 0) is 6.42 Å². The van der Waals surface area contributed by atoms with Crippen molar-refractivity contribution in [3.63, 3.8) is 0 Å². The molecule has 0 aliphatic carbocycles. The van der Waals surface area contributed by atoms with E-state index in [1.54, 1.807) is 6.07 Å². The average Bonchev–Trinajstić information content (AvgIpc) is 2.26. The summed E-state index contributed by atoms with van der Waals surface area (Å²) in [7, 11) is 0. The molecule has 0 N–H and O–H groups in total. The van der Waals surface area contributed by atoms with Crippen molar-refractivity contribution in [3.8, 4) is 0 Å². The Kier molecular flexibility index (Phi) is 3.02. The van der Waals surface area contributed by atoms with Gasteiger partial charge in [-0.3, -0.25) is 0 Å². The van der Waals surface area contributed by atoms with E-state index in [2.05, 4.69) is 0 Å². The van der Waals surface area contributed by atoms with Crippen LogP contribution in [0.2, 0.25) is 5.02 Å². The molecule has 15 heavy (non-hydrogen) atoms. The molecule has 0 aliphatic rings. The monoisotopic (exact) mass is 220 g/mol. The van der Waals surface area contributed by atoms with E-state index in [0.29, 0.717) is 6.42 Å². The first kappa shape index (κ1) is 10.2. The molecule has 0 saturated heterocycles. The maximum Gasteiger partial charge on any atom is 0.142 e. The Morgan fingerprint density at radius 3 is 2.40 bits per heavy atom. The van der Waals surface area contributed by atoms with E-state index in [1.807, 2.05) is 36.4 Å². The number of hydrogen-bond donors (Lipinski definition) is 0. The third-order valence-electron chi connectivity index (χ3n) is 2.27. The van der Waals surface area contributed by atoms with Crippen LogP contribution in [0.5, 0.6) is 0 Å². The van der Waals surface area contributed by atoms with Crippen LogP contribution < -0.4 is 0 Å². The fourth-order valence-corrected chi connectivity index (χ4v) is 1.69. The Morgan fingerprint density at radius 1 is 0.933 bits per heavy atom. The molecule has 0 nitrogen and oxygen atoms in total. The highest BCUT2D eigenvalue weighted by atomic mass is 35.5. The minimum atomic E-state index is -0.356. The molecule has 0 aliphatic heterocycles. The van der Waals surface area contributed by atoms with Crippen molar-refractivity contribution in [1.29, 1.82) is 0 Å². The molecule has 2 aromatic rings. The second-order valence-corrected chi connectivity index (χ2v) is 3.75. The van der Waals surface area contributed by atoms with Gasteiger partial charge in [0.2, 0.25) is 0 Å². The zero-order valence-electron chi connectivity index (χ0n) is 8.08. The van der Waals surface area contributed by atoms with Crippen LogP contribution in [0.1, 0.15) is 11.1 Å². The molecule has 0 aromatic heterocycles. The van der Waals surface area contributed by atoms with E-state index in [-0.39, 0.29) is 10.8 Å². The van der Waals surface area contributed by atoms with Crippen molar-refractivity contribution in [2.24, 2.45) is 0 Å². The smallest absolute Gasteiger partial charge is 0.142 e. The highest BCUT2D eigenvalue weighted by molar-refractivity contribution is 6.31. The number of hydrogen-bond acceptors (Lipinski definition) is 0. The molecule has 2 aromatic carbocycles. The summed E-state index contributed by atoms with van der Waals surface area (Å²) < 4.78 is 13.1. The van der Waals surface area contributed by atoms with Gasteiger partial charge >= 0.3 is 0 Å². The number of rotatable bonds is 2. The molecule has 0 unspecified atom stereocenters. The second-order valence-electron chi connectivity index (χ2n) is 3.38. The topological polar surface area (TPSA) is 0 Å². The van der Waals surface area contributed by atoms with Crippen LogP contribution in [0.3, 0.4) is 0 Å². The Bertz CT molecular complexity index is 451. The van der Waals surface area contributed by atoms with E-state index in [0.717, 1.165) is 11.1 Å². The molecule has 0 saturated carbocycles. The molecule has 0 fully saturated rings. The van der Waals surface area contributed by atoms with Crippen LogP contribution in [0, 0.1) is 5.82 Å².